The highest BCUT2D eigenvalue weighted by atomic mass is 35.5. The van der Waals surface area contributed by atoms with Gasteiger partial charge in [0.2, 0.25) is 5.91 Å². The van der Waals surface area contributed by atoms with E-state index in [1.54, 1.807) is 0 Å². The first kappa shape index (κ1) is 14.8. The Morgan fingerprint density at radius 2 is 1.90 bits per heavy atom. The highest BCUT2D eigenvalue weighted by Crippen LogP contribution is 2.26. The molecule has 0 spiro atoms. The van der Waals surface area contributed by atoms with Crippen LogP contribution in [0.15, 0.2) is 48.5 Å². The number of rotatable bonds is 5. The zero-order valence-corrected chi connectivity index (χ0v) is 11.6. The fourth-order valence-corrected chi connectivity index (χ4v) is 1.82. The fourth-order valence-electron chi connectivity index (χ4n) is 1.66. The van der Waals surface area contributed by atoms with E-state index < -0.39 is 4.92 Å². The number of nitrogens with zero attached hydrogens (tertiary/aromatic N) is 1. The molecule has 0 saturated heterocycles. The number of anilines is 2. The van der Waals surface area contributed by atoms with E-state index in [1.165, 1.54) is 18.2 Å². The van der Waals surface area contributed by atoms with Gasteiger partial charge in [-0.1, -0.05) is 29.8 Å². The summed E-state index contributed by atoms with van der Waals surface area (Å²) in [5, 5.41) is 16.4. The first-order chi connectivity index (χ1) is 10.1. The van der Waals surface area contributed by atoms with Crippen LogP contribution in [0.5, 0.6) is 0 Å². The third-order valence-corrected chi connectivity index (χ3v) is 2.99. The first-order valence-corrected chi connectivity index (χ1v) is 6.47. The number of nitro groups is 1. The molecule has 0 radical (unpaired) electrons. The lowest BCUT2D eigenvalue weighted by Crippen LogP contribution is -2.21. The summed E-state index contributed by atoms with van der Waals surface area (Å²) in [6.07, 6.45) is 0. The number of benzene rings is 2. The summed E-state index contributed by atoms with van der Waals surface area (Å²) in [5.41, 5.74) is 0.884. The molecule has 1 amide bonds. The van der Waals surface area contributed by atoms with Gasteiger partial charge in [-0.15, -0.1) is 0 Å². The molecule has 0 aliphatic carbocycles. The average Bonchev–Trinajstić information content (AvgIpc) is 2.48. The van der Waals surface area contributed by atoms with E-state index >= 15 is 0 Å². The zero-order valence-electron chi connectivity index (χ0n) is 10.9. The molecule has 0 bridgehead atoms. The van der Waals surface area contributed by atoms with Crippen molar-refractivity contribution in [2.75, 3.05) is 17.2 Å². The van der Waals surface area contributed by atoms with E-state index in [-0.39, 0.29) is 28.8 Å². The topological polar surface area (TPSA) is 84.3 Å². The molecule has 108 valence electrons. The molecule has 0 unspecified atom stereocenters. The van der Waals surface area contributed by atoms with E-state index in [0.29, 0.717) is 0 Å². The maximum absolute atomic E-state index is 11.8. The lowest BCUT2D eigenvalue weighted by molar-refractivity contribution is -0.384. The van der Waals surface area contributed by atoms with E-state index in [4.69, 9.17) is 11.6 Å². The summed E-state index contributed by atoms with van der Waals surface area (Å²) in [5.74, 6) is -0.346. The van der Waals surface area contributed by atoms with Gasteiger partial charge in [0, 0.05) is 17.8 Å². The minimum absolute atomic E-state index is 0.0308. The Morgan fingerprint density at radius 1 is 1.19 bits per heavy atom. The highest BCUT2D eigenvalue weighted by molar-refractivity contribution is 6.33. The minimum Gasteiger partial charge on any atom is -0.376 e. The summed E-state index contributed by atoms with van der Waals surface area (Å²) >= 11 is 5.90. The molecular weight excluding hydrogens is 294 g/mol. The van der Waals surface area contributed by atoms with Crippen molar-refractivity contribution in [3.05, 3.63) is 63.7 Å². The van der Waals surface area contributed by atoms with Crippen LogP contribution in [0.4, 0.5) is 17.1 Å². The van der Waals surface area contributed by atoms with Gasteiger partial charge in [-0.05, 0) is 18.2 Å². The number of hydrogen-bond donors (Lipinski definition) is 2. The number of para-hydroxylation sites is 1. The maximum atomic E-state index is 11.8. The molecule has 21 heavy (non-hydrogen) atoms. The maximum Gasteiger partial charge on any atom is 0.271 e. The van der Waals surface area contributed by atoms with E-state index in [0.717, 1.165) is 5.69 Å². The zero-order chi connectivity index (χ0) is 15.2. The number of halogens is 1. The second-order valence-corrected chi connectivity index (χ2v) is 4.60. The van der Waals surface area contributed by atoms with Crippen molar-refractivity contribution in [2.24, 2.45) is 0 Å². The lowest BCUT2D eigenvalue weighted by atomic mass is 10.2. The molecule has 2 aromatic rings. The Kier molecular flexibility index (Phi) is 4.73. The molecule has 0 fully saturated rings. The van der Waals surface area contributed by atoms with Crippen LogP contribution in [0.2, 0.25) is 5.02 Å². The number of nitro benzene ring substituents is 1. The van der Waals surface area contributed by atoms with E-state index in [2.05, 4.69) is 10.6 Å². The first-order valence-electron chi connectivity index (χ1n) is 6.09. The van der Waals surface area contributed by atoms with Gasteiger partial charge in [-0.2, -0.15) is 0 Å². The number of carbonyl (C=O) groups excluding carboxylic acids is 1. The summed E-state index contributed by atoms with van der Waals surface area (Å²) in [6, 6.07) is 13.1. The second-order valence-electron chi connectivity index (χ2n) is 4.19. The Morgan fingerprint density at radius 3 is 2.57 bits per heavy atom. The molecule has 2 aromatic carbocycles. The normalized spacial score (nSPS) is 9.95. The molecule has 6 nitrogen and oxygen atoms in total. The summed E-state index contributed by atoms with van der Waals surface area (Å²) in [7, 11) is 0. The molecule has 7 heteroatoms. The Labute approximate surface area is 125 Å². The Hall–Kier alpha value is -2.60. The fraction of sp³-hybridized carbons (Fsp3) is 0.0714. The van der Waals surface area contributed by atoms with Crippen molar-refractivity contribution in [1.29, 1.82) is 0 Å². The Bertz CT molecular complexity index is 662. The van der Waals surface area contributed by atoms with Crippen LogP contribution < -0.4 is 10.6 Å². The SMILES string of the molecule is O=C(CNc1ccccc1)Nc1cc([N+](=O)[O-])ccc1Cl. The summed E-state index contributed by atoms with van der Waals surface area (Å²) in [4.78, 5) is 22.0. The highest BCUT2D eigenvalue weighted by Gasteiger charge is 2.11. The monoisotopic (exact) mass is 305 g/mol. The van der Waals surface area contributed by atoms with Gasteiger partial charge in [-0.3, -0.25) is 14.9 Å². The second kappa shape index (κ2) is 6.71. The molecule has 0 aliphatic heterocycles. The molecule has 0 aromatic heterocycles. The molecule has 0 saturated carbocycles. The summed E-state index contributed by atoms with van der Waals surface area (Å²) < 4.78 is 0. The van der Waals surface area contributed by atoms with Gasteiger partial charge in [-0.25, -0.2) is 0 Å². The predicted octanol–water partition coefficient (Wildman–Crippen LogP) is 3.30. The minimum atomic E-state index is -0.547. The van der Waals surface area contributed by atoms with Gasteiger partial charge in [0.05, 0.1) is 22.2 Å². The molecule has 0 atom stereocenters. The van der Waals surface area contributed by atoms with Crippen LogP contribution in [0, 0.1) is 10.1 Å². The van der Waals surface area contributed by atoms with E-state index in [1.807, 2.05) is 30.3 Å². The standard InChI is InChI=1S/C14H12ClN3O3/c15-12-7-6-11(18(20)21)8-13(12)17-14(19)9-16-10-4-2-1-3-5-10/h1-8,16H,9H2,(H,17,19). The quantitative estimate of drug-likeness (QED) is 0.655. The van der Waals surface area contributed by atoms with Crippen LogP contribution in [0.25, 0.3) is 0 Å². The molecule has 2 N–H and O–H groups in total. The molecule has 0 aliphatic rings. The van der Waals surface area contributed by atoms with Crippen molar-refractivity contribution < 1.29 is 9.72 Å². The number of nitrogens with one attached hydrogen (secondary N) is 2. The molecule has 0 heterocycles. The van der Waals surface area contributed by atoms with Crippen LogP contribution >= 0.6 is 11.6 Å². The van der Waals surface area contributed by atoms with Crippen LogP contribution in [0.3, 0.4) is 0 Å². The predicted molar refractivity (Wildman–Crippen MR) is 81.7 cm³/mol. The van der Waals surface area contributed by atoms with Crippen molar-refractivity contribution in [1.82, 2.24) is 0 Å². The van der Waals surface area contributed by atoms with Crippen LogP contribution in [-0.2, 0) is 4.79 Å². The Balaban J connectivity index is 1.99. The molecule has 2 rings (SSSR count). The van der Waals surface area contributed by atoms with Crippen LogP contribution in [0.1, 0.15) is 0 Å². The van der Waals surface area contributed by atoms with Gasteiger partial charge in [0.1, 0.15) is 0 Å². The van der Waals surface area contributed by atoms with Crippen molar-refractivity contribution in [2.45, 2.75) is 0 Å². The largest absolute Gasteiger partial charge is 0.376 e. The number of non-ortho nitro benzene ring substituents is 1. The third-order valence-electron chi connectivity index (χ3n) is 2.66. The number of hydrogen-bond acceptors (Lipinski definition) is 4. The van der Waals surface area contributed by atoms with Crippen molar-refractivity contribution >= 4 is 34.6 Å². The van der Waals surface area contributed by atoms with Crippen molar-refractivity contribution in [3.8, 4) is 0 Å². The summed E-state index contributed by atoms with van der Waals surface area (Å²) in [6.45, 7) is 0.0308. The van der Waals surface area contributed by atoms with Crippen molar-refractivity contribution in [3.63, 3.8) is 0 Å². The lowest BCUT2D eigenvalue weighted by Gasteiger charge is -2.09. The average molecular weight is 306 g/mol. The number of amides is 1. The third kappa shape index (κ3) is 4.19. The van der Waals surface area contributed by atoms with E-state index in [9.17, 15) is 14.9 Å². The smallest absolute Gasteiger partial charge is 0.271 e. The number of carbonyl (C=O) groups is 1. The van der Waals surface area contributed by atoms with Crippen LogP contribution in [-0.4, -0.2) is 17.4 Å². The van der Waals surface area contributed by atoms with Gasteiger partial charge >= 0.3 is 0 Å². The van der Waals surface area contributed by atoms with Gasteiger partial charge in [0.15, 0.2) is 0 Å². The molecular formula is C14H12ClN3O3. The van der Waals surface area contributed by atoms with Gasteiger partial charge in [0.25, 0.3) is 5.69 Å². The van der Waals surface area contributed by atoms with Gasteiger partial charge < -0.3 is 10.6 Å².